The number of pyridine rings is 1. The molecule has 0 unspecified atom stereocenters. The van der Waals surface area contributed by atoms with E-state index >= 15 is 0 Å². The highest BCUT2D eigenvalue weighted by molar-refractivity contribution is 5.84. The number of fused-ring (bicyclic) bond motifs is 1. The van der Waals surface area contributed by atoms with Crippen LogP contribution in [0.4, 0.5) is 0 Å². The zero-order valence-corrected chi connectivity index (χ0v) is 9.70. The van der Waals surface area contributed by atoms with Crippen molar-refractivity contribution in [2.24, 2.45) is 0 Å². The van der Waals surface area contributed by atoms with E-state index in [1.54, 1.807) is 6.07 Å². The molecule has 0 aliphatic heterocycles. The Morgan fingerprint density at radius 3 is 2.65 bits per heavy atom. The number of H-pyrrole nitrogens is 1. The Labute approximate surface area is 97.9 Å². The van der Waals surface area contributed by atoms with Crippen LogP contribution in [0.15, 0.2) is 23.0 Å². The summed E-state index contributed by atoms with van der Waals surface area (Å²) in [7, 11) is 0. The van der Waals surface area contributed by atoms with E-state index in [1.165, 1.54) is 0 Å². The van der Waals surface area contributed by atoms with E-state index in [4.69, 9.17) is 5.11 Å². The SMILES string of the molecule is Cc1cc(C)c2cc(CC(=O)O)c(=O)[nH]c2c1. The van der Waals surface area contributed by atoms with Crippen LogP contribution in [0.2, 0.25) is 0 Å². The predicted molar refractivity (Wildman–Crippen MR) is 65.4 cm³/mol. The third-order valence-electron chi connectivity index (χ3n) is 2.73. The molecule has 2 N–H and O–H groups in total. The summed E-state index contributed by atoms with van der Waals surface area (Å²) >= 11 is 0. The average molecular weight is 231 g/mol. The minimum atomic E-state index is -1.00. The summed E-state index contributed by atoms with van der Waals surface area (Å²) in [5, 5.41) is 9.62. The molecule has 4 nitrogen and oxygen atoms in total. The lowest BCUT2D eigenvalue weighted by molar-refractivity contribution is -0.136. The van der Waals surface area contributed by atoms with Gasteiger partial charge in [-0.2, -0.15) is 0 Å². The summed E-state index contributed by atoms with van der Waals surface area (Å²) in [4.78, 5) is 25.0. The third kappa shape index (κ3) is 2.20. The third-order valence-corrected chi connectivity index (χ3v) is 2.73. The molecule has 0 atom stereocenters. The van der Waals surface area contributed by atoms with Crippen molar-refractivity contribution in [3.8, 4) is 0 Å². The molecular formula is C13H13NO3. The van der Waals surface area contributed by atoms with Gasteiger partial charge in [-0.25, -0.2) is 0 Å². The molecule has 0 spiro atoms. The van der Waals surface area contributed by atoms with E-state index in [1.807, 2.05) is 26.0 Å². The molecule has 1 heterocycles. The summed E-state index contributed by atoms with van der Waals surface area (Å²) in [6, 6.07) is 5.55. The first-order chi connectivity index (χ1) is 7.97. The number of rotatable bonds is 2. The standard InChI is InChI=1S/C13H13NO3/c1-7-3-8(2)10-5-9(6-12(15)16)13(17)14-11(10)4-7/h3-5H,6H2,1-2H3,(H,14,17)(H,15,16). The van der Waals surface area contributed by atoms with Crippen LogP contribution in [0.5, 0.6) is 0 Å². The zero-order valence-electron chi connectivity index (χ0n) is 9.70. The van der Waals surface area contributed by atoms with Gasteiger partial charge in [0.1, 0.15) is 0 Å². The van der Waals surface area contributed by atoms with Gasteiger partial charge in [-0.3, -0.25) is 9.59 Å². The topological polar surface area (TPSA) is 70.2 Å². The van der Waals surface area contributed by atoms with E-state index in [0.29, 0.717) is 0 Å². The Bertz CT molecular complexity index is 655. The molecule has 0 fully saturated rings. The van der Waals surface area contributed by atoms with Gasteiger partial charge in [-0.05, 0) is 37.1 Å². The van der Waals surface area contributed by atoms with Crippen molar-refractivity contribution in [3.05, 3.63) is 45.2 Å². The molecule has 2 rings (SSSR count). The molecule has 0 aliphatic carbocycles. The number of benzene rings is 1. The molecule has 0 saturated heterocycles. The predicted octanol–water partition coefficient (Wildman–Crippen LogP) is 1.77. The van der Waals surface area contributed by atoms with Crippen molar-refractivity contribution in [2.75, 3.05) is 0 Å². The van der Waals surface area contributed by atoms with Gasteiger partial charge >= 0.3 is 5.97 Å². The fraction of sp³-hybridized carbons (Fsp3) is 0.231. The van der Waals surface area contributed by atoms with E-state index in [-0.39, 0.29) is 17.5 Å². The van der Waals surface area contributed by atoms with Gasteiger partial charge in [0.05, 0.1) is 6.42 Å². The van der Waals surface area contributed by atoms with Crippen molar-refractivity contribution in [2.45, 2.75) is 20.3 Å². The quantitative estimate of drug-likeness (QED) is 0.827. The second kappa shape index (κ2) is 4.05. The summed E-state index contributed by atoms with van der Waals surface area (Å²) in [5.41, 5.74) is 2.81. The summed E-state index contributed by atoms with van der Waals surface area (Å²) in [6.45, 7) is 3.90. The van der Waals surface area contributed by atoms with Crippen molar-refractivity contribution >= 4 is 16.9 Å². The maximum Gasteiger partial charge on any atom is 0.308 e. The highest BCUT2D eigenvalue weighted by Crippen LogP contribution is 2.18. The van der Waals surface area contributed by atoms with E-state index in [2.05, 4.69) is 4.98 Å². The van der Waals surface area contributed by atoms with Crippen LogP contribution < -0.4 is 5.56 Å². The van der Waals surface area contributed by atoms with E-state index < -0.39 is 5.97 Å². The Balaban J connectivity index is 2.71. The largest absolute Gasteiger partial charge is 0.481 e. The number of hydrogen-bond donors (Lipinski definition) is 2. The van der Waals surface area contributed by atoms with Gasteiger partial charge in [-0.15, -0.1) is 0 Å². The number of aromatic nitrogens is 1. The maximum absolute atomic E-state index is 11.7. The molecule has 2 aromatic rings. The van der Waals surface area contributed by atoms with E-state index in [0.717, 1.165) is 22.0 Å². The van der Waals surface area contributed by atoms with Gasteiger partial charge < -0.3 is 10.1 Å². The lowest BCUT2D eigenvalue weighted by atomic mass is 10.0. The first-order valence-corrected chi connectivity index (χ1v) is 5.32. The van der Waals surface area contributed by atoms with Crippen LogP contribution in [-0.4, -0.2) is 16.1 Å². The minimum Gasteiger partial charge on any atom is -0.481 e. The monoisotopic (exact) mass is 231 g/mol. The minimum absolute atomic E-state index is 0.251. The smallest absolute Gasteiger partial charge is 0.308 e. The molecule has 1 aromatic heterocycles. The molecule has 0 amide bonds. The highest BCUT2D eigenvalue weighted by Gasteiger charge is 2.08. The lowest BCUT2D eigenvalue weighted by Gasteiger charge is -2.06. The molecule has 0 bridgehead atoms. The van der Waals surface area contributed by atoms with Crippen LogP contribution in [0, 0.1) is 13.8 Å². The number of aromatic amines is 1. The summed E-state index contributed by atoms with van der Waals surface area (Å²) in [6.07, 6.45) is -0.251. The Hall–Kier alpha value is -2.10. The second-order valence-electron chi connectivity index (χ2n) is 4.24. The van der Waals surface area contributed by atoms with E-state index in [9.17, 15) is 9.59 Å². The highest BCUT2D eigenvalue weighted by atomic mass is 16.4. The molecule has 17 heavy (non-hydrogen) atoms. The fourth-order valence-electron chi connectivity index (χ4n) is 2.01. The summed E-state index contributed by atoms with van der Waals surface area (Å²) in [5.74, 6) is -1.00. The van der Waals surface area contributed by atoms with Crippen molar-refractivity contribution in [1.82, 2.24) is 4.98 Å². The zero-order chi connectivity index (χ0) is 12.6. The molecule has 0 saturated carbocycles. The Morgan fingerprint density at radius 2 is 2.00 bits per heavy atom. The molecule has 0 radical (unpaired) electrons. The first-order valence-electron chi connectivity index (χ1n) is 5.32. The Morgan fingerprint density at radius 1 is 1.29 bits per heavy atom. The number of nitrogens with one attached hydrogen (secondary N) is 1. The van der Waals surface area contributed by atoms with Crippen molar-refractivity contribution < 1.29 is 9.90 Å². The van der Waals surface area contributed by atoms with Crippen molar-refractivity contribution in [3.63, 3.8) is 0 Å². The Kier molecular flexibility index (Phi) is 2.71. The number of carboxylic acids is 1. The van der Waals surface area contributed by atoms with Crippen molar-refractivity contribution in [1.29, 1.82) is 0 Å². The fourth-order valence-corrected chi connectivity index (χ4v) is 2.01. The molecule has 0 aliphatic rings. The number of aryl methyl sites for hydroxylation is 2. The van der Waals surface area contributed by atoms with Gasteiger partial charge in [0.2, 0.25) is 0 Å². The number of aliphatic carboxylic acids is 1. The lowest BCUT2D eigenvalue weighted by Crippen LogP contribution is -2.16. The molecule has 88 valence electrons. The number of hydrogen-bond acceptors (Lipinski definition) is 2. The second-order valence-corrected chi connectivity index (χ2v) is 4.24. The number of carboxylic acid groups (broad SMARTS) is 1. The number of carbonyl (C=O) groups is 1. The van der Waals surface area contributed by atoms with Gasteiger partial charge in [0, 0.05) is 16.5 Å². The normalized spacial score (nSPS) is 10.7. The van der Waals surface area contributed by atoms with Crippen LogP contribution >= 0.6 is 0 Å². The van der Waals surface area contributed by atoms with Crippen LogP contribution in [0.1, 0.15) is 16.7 Å². The average Bonchev–Trinajstić information content (AvgIpc) is 2.19. The van der Waals surface area contributed by atoms with Gasteiger partial charge in [-0.1, -0.05) is 6.07 Å². The van der Waals surface area contributed by atoms with Gasteiger partial charge in [0.25, 0.3) is 5.56 Å². The molecular weight excluding hydrogens is 218 g/mol. The maximum atomic E-state index is 11.7. The molecule has 1 aromatic carbocycles. The van der Waals surface area contributed by atoms with Crippen LogP contribution in [0.25, 0.3) is 10.9 Å². The first kappa shape index (κ1) is 11.4. The summed E-state index contributed by atoms with van der Waals surface area (Å²) < 4.78 is 0. The van der Waals surface area contributed by atoms with Crippen LogP contribution in [0.3, 0.4) is 0 Å². The van der Waals surface area contributed by atoms with Crippen LogP contribution in [-0.2, 0) is 11.2 Å². The van der Waals surface area contributed by atoms with Gasteiger partial charge in [0.15, 0.2) is 0 Å². The molecule has 4 heteroatoms.